The molecule has 2 aromatic rings. The lowest BCUT2D eigenvalue weighted by Gasteiger charge is -2.35. The van der Waals surface area contributed by atoms with Crippen molar-refractivity contribution in [2.45, 2.75) is 64.1 Å². The number of carbonyl (C=O) groups is 3. The minimum atomic E-state index is -1.12. The Morgan fingerprint density at radius 3 is 2.54 bits per heavy atom. The first-order valence-corrected chi connectivity index (χ1v) is 12.6. The Hall–Kier alpha value is -3.33. The average Bonchev–Trinajstić information content (AvgIpc) is 3.27. The lowest BCUT2D eigenvalue weighted by atomic mass is 9.85. The van der Waals surface area contributed by atoms with Crippen molar-refractivity contribution < 1.29 is 33.7 Å². The fourth-order valence-electron chi connectivity index (χ4n) is 5.44. The van der Waals surface area contributed by atoms with E-state index in [1.807, 2.05) is 51.1 Å². The highest BCUT2D eigenvalue weighted by Crippen LogP contribution is 2.42. The fourth-order valence-corrected chi connectivity index (χ4v) is 5.44. The number of hydrogen-bond acceptors (Lipinski definition) is 6. The molecule has 1 saturated heterocycles. The normalized spacial score (nSPS) is 25.2. The van der Waals surface area contributed by atoms with E-state index in [0.717, 1.165) is 34.1 Å². The zero-order chi connectivity index (χ0) is 27.0. The zero-order valence-electron chi connectivity index (χ0n) is 22.1. The van der Waals surface area contributed by atoms with Gasteiger partial charge in [0.1, 0.15) is 23.4 Å². The Kier molecular flexibility index (Phi) is 7.37. The van der Waals surface area contributed by atoms with Crippen LogP contribution in [0.15, 0.2) is 30.3 Å². The van der Waals surface area contributed by atoms with Crippen molar-refractivity contribution >= 4 is 28.7 Å². The summed E-state index contributed by atoms with van der Waals surface area (Å²) in [6.07, 6.45) is 1.49. The molecule has 0 saturated carbocycles. The summed E-state index contributed by atoms with van der Waals surface area (Å²) in [5.41, 5.74) is 0.105. The molecule has 3 atom stereocenters. The number of carboxylic acid groups (broad SMARTS) is 1. The number of ether oxygens (including phenoxy) is 3. The Bertz CT molecular complexity index is 1200. The van der Waals surface area contributed by atoms with Crippen LogP contribution >= 0.6 is 0 Å². The number of alkyl carbamates (subject to hydrolysis) is 1. The monoisotopic (exact) mass is 512 g/mol. The van der Waals surface area contributed by atoms with Crippen molar-refractivity contribution in [1.82, 2.24) is 10.2 Å². The molecular formula is C28H36N2O7. The van der Waals surface area contributed by atoms with Crippen molar-refractivity contribution in [2.75, 3.05) is 27.4 Å². The van der Waals surface area contributed by atoms with Gasteiger partial charge in [0, 0.05) is 19.1 Å². The lowest BCUT2D eigenvalue weighted by Crippen LogP contribution is -2.57. The number of fused-ring (bicyclic) bond motifs is 4. The molecule has 1 fully saturated rings. The van der Waals surface area contributed by atoms with Crippen LogP contribution in [0.4, 0.5) is 4.79 Å². The van der Waals surface area contributed by atoms with E-state index in [1.54, 1.807) is 14.2 Å². The first-order valence-electron chi connectivity index (χ1n) is 12.6. The topological polar surface area (TPSA) is 114 Å². The molecule has 37 heavy (non-hydrogen) atoms. The standard InChI is InChI=1S/C28H36N2O7/c1-27(2,3)23-24(31)30-16-28(36-5,15-21(30)25(32)33)18-11-9-17-10-12-22(35-4)19(20(17)14-18)8-6-7-13-37-26(34)29-23/h9-12,14,21,23H,6-8,13,15-16H2,1-5H3,(H,29,34)(H,32,33)/t21-,23+,28-/m0/s1. The van der Waals surface area contributed by atoms with Crippen molar-refractivity contribution in [1.29, 1.82) is 0 Å². The number of rotatable bonds is 3. The van der Waals surface area contributed by atoms with Gasteiger partial charge < -0.3 is 29.5 Å². The highest BCUT2D eigenvalue weighted by atomic mass is 16.5. The molecule has 0 unspecified atom stereocenters. The van der Waals surface area contributed by atoms with Gasteiger partial charge in [-0.25, -0.2) is 9.59 Å². The molecule has 0 aliphatic carbocycles. The summed E-state index contributed by atoms with van der Waals surface area (Å²) >= 11 is 0. The number of carbonyl (C=O) groups excluding carboxylic acids is 2. The molecule has 2 N–H and O–H groups in total. The second-order valence-corrected chi connectivity index (χ2v) is 10.9. The number of aryl methyl sites for hydroxylation is 1. The highest BCUT2D eigenvalue weighted by molar-refractivity contribution is 5.91. The van der Waals surface area contributed by atoms with E-state index in [9.17, 15) is 19.5 Å². The van der Waals surface area contributed by atoms with Crippen LogP contribution in [-0.2, 0) is 31.1 Å². The summed E-state index contributed by atoms with van der Waals surface area (Å²) in [6, 6.07) is 7.81. The zero-order valence-corrected chi connectivity index (χ0v) is 22.1. The van der Waals surface area contributed by atoms with Gasteiger partial charge in [0.25, 0.3) is 0 Å². The van der Waals surface area contributed by atoms with Crippen LogP contribution in [0.5, 0.6) is 5.75 Å². The van der Waals surface area contributed by atoms with Gasteiger partial charge in [0.2, 0.25) is 5.91 Å². The van der Waals surface area contributed by atoms with E-state index < -0.39 is 41.1 Å². The Morgan fingerprint density at radius 2 is 1.89 bits per heavy atom. The Labute approximate surface area is 217 Å². The van der Waals surface area contributed by atoms with Crippen molar-refractivity contribution in [2.24, 2.45) is 5.41 Å². The van der Waals surface area contributed by atoms with E-state index >= 15 is 0 Å². The summed E-state index contributed by atoms with van der Waals surface area (Å²) in [7, 11) is 3.17. The first kappa shape index (κ1) is 26.7. The van der Waals surface area contributed by atoms with E-state index in [2.05, 4.69) is 5.32 Å². The molecule has 2 aliphatic rings. The lowest BCUT2D eigenvalue weighted by molar-refractivity contribution is -0.150. The number of amides is 2. The highest BCUT2D eigenvalue weighted by Gasteiger charge is 2.52. The number of hydrogen-bond donors (Lipinski definition) is 2. The number of methoxy groups -OCH3 is 2. The number of aliphatic carboxylic acids is 1. The second-order valence-electron chi connectivity index (χ2n) is 10.9. The molecule has 2 amide bonds. The van der Waals surface area contributed by atoms with Crippen molar-refractivity contribution in [3.8, 4) is 5.75 Å². The maximum absolute atomic E-state index is 13.8. The van der Waals surface area contributed by atoms with E-state index in [4.69, 9.17) is 14.2 Å². The second kappa shape index (κ2) is 10.2. The number of benzene rings is 2. The van der Waals surface area contributed by atoms with Crippen LogP contribution in [0.1, 0.15) is 51.2 Å². The van der Waals surface area contributed by atoms with Gasteiger partial charge in [0.05, 0.1) is 20.3 Å². The van der Waals surface area contributed by atoms with Gasteiger partial charge in [-0.1, -0.05) is 39.0 Å². The van der Waals surface area contributed by atoms with Gasteiger partial charge >= 0.3 is 12.1 Å². The molecule has 9 nitrogen and oxygen atoms in total. The quantitative estimate of drug-likeness (QED) is 0.642. The van der Waals surface area contributed by atoms with Crippen LogP contribution in [0, 0.1) is 5.41 Å². The maximum Gasteiger partial charge on any atom is 0.407 e. The van der Waals surface area contributed by atoms with Gasteiger partial charge in [-0.15, -0.1) is 0 Å². The fraction of sp³-hybridized carbons (Fsp3) is 0.536. The molecule has 2 aromatic carbocycles. The predicted molar refractivity (Wildman–Crippen MR) is 138 cm³/mol. The third kappa shape index (κ3) is 5.09. The van der Waals surface area contributed by atoms with Gasteiger partial charge in [-0.2, -0.15) is 0 Å². The minimum Gasteiger partial charge on any atom is -0.496 e. The summed E-state index contributed by atoms with van der Waals surface area (Å²) in [4.78, 5) is 40.2. The molecule has 4 rings (SSSR count). The maximum atomic E-state index is 13.8. The average molecular weight is 513 g/mol. The molecule has 0 spiro atoms. The summed E-state index contributed by atoms with van der Waals surface area (Å²) in [5, 5.41) is 14.8. The molecule has 4 bridgehead atoms. The smallest absolute Gasteiger partial charge is 0.407 e. The third-order valence-corrected chi connectivity index (χ3v) is 7.55. The summed E-state index contributed by atoms with van der Waals surface area (Å²) in [5.74, 6) is -0.842. The molecule has 2 aliphatic heterocycles. The van der Waals surface area contributed by atoms with E-state index in [0.29, 0.717) is 12.8 Å². The largest absolute Gasteiger partial charge is 0.496 e. The molecule has 0 radical (unpaired) electrons. The molecule has 200 valence electrons. The SMILES string of the molecule is COc1ccc2ccc3cc2c1CCCCOC(=O)N[C@@H](C(C)(C)C)C(=O)N1C[C@@]3(OC)C[C@H]1C(=O)O. The first-order chi connectivity index (χ1) is 17.5. The van der Waals surface area contributed by atoms with Crippen LogP contribution < -0.4 is 10.1 Å². The van der Waals surface area contributed by atoms with Gasteiger partial charge in [-0.05, 0) is 53.1 Å². The summed E-state index contributed by atoms with van der Waals surface area (Å²) < 4.78 is 17.1. The van der Waals surface area contributed by atoms with Crippen molar-refractivity contribution in [3.63, 3.8) is 0 Å². The van der Waals surface area contributed by atoms with Gasteiger partial charge in [0.15, 0.2) is 0 Å². The van der Waals surface area contributed by atoms with E-state index in [1.165, 1.54) is 4.90 Å². The minimum absolute atomic E-state index is 0.0351. The molecule has 2 heterocycles. The van der Waals surface area contributed by atoms with Crippen molar-refractivity contribution in [3.05, 3.63) is 41.5 Å². The molecule has 0 aromatic heterocycles. The summed E-state index contributed by atoms with van der Waals surface area (Å²) in [6.45, 7) is 5.70. The number of nitrogens with one attached hydrogen (secondary N) is 1. The third-order valence-electron chi connectivity index (χ3n) is 7.55. The van der Waals surface area contributed by atoms with Crippen LogP contribution in [0.2, 0.25) is 0 Å². The predicted octanol–water partition coefficient (Wildman–Crippen LogP) is 3.85. The van der Waals surface area contributed by atoms with Crippen LogP contribution in [0.25, 0.3) is 10.8 Å². The Morgan fingerprint density at radius 1 is 1.16 bits per heavy atom. The van der Waals surface area contributed by atoms with Crippen LogP contribution in [-0.4, -0.2) is 67.4 Å². The van der Waals surface area contributed by atoms with E-state index in [-0.39, 0.29) is 19.6 Å². The Balaban J connectivity index is 1.88. The molecule has 9 heteroatoms. The number of nitrogens with zero attached hydrogens (tertiary/aromatic N) is 1. The van der Waals surface area contributed by atoms with Crippen LogP contribution in [0.3, 0.4) is 0 Å². The number of cyclic esters (lactones) is 1. The van der Waals surface area contributed by atoms with Gasteiger partial charge in [-0.3, -0.25) is 4.79 Å². The molecular weight excluding hydrogens is 476 g/mol. The number of carboxylic acids is 1.